The van der Waals surface area contributed by atoms with E-state index in [1.165, 1.54) is 0 Å². The van der Waals surface area contributed by atoms with E-state index in [1.54, 1.807) is 4.90 Å². The molecule has 2 rings (SSSR count). The Kier molecular flexibility index (Phi) is 4.07. The van der Waals surface area contributed by atoms with E-state index in [4.69, 9.17) is 5.73 Å². The van der Waals surface area contributed by atoms with Gasteiger partial charge in [0.05, 0.1) is 0 Å². The second kappa shape index (κ2) is 5.50. The van der Waals surface area contributed by atoms with Crippen molar-refractivity contribution in [3.8, 4) is 0 Å². The van der Waals surface area contributed by atoms with E-state index in [0.717, 1.165) is 23.6 Å². The van der Waals surface area contributed by atoms with E-state index in [-0.39, 0.29) is 17.4 Å². The molecule has 6 heteroatoms. The van der Waals surface area contributed by atoms with E-state index >= 15 is 0 Å². The highest BCUT2D eigenvalue weighted by molar-refractivity contribution is 5.77. The van der Waals surface area contributed by atoms with Crippen LogP contribution in [0.25, 0.3) is 0 Å². The molecule has 2 heterocycles. The molecule has 1 aromatic rings. The molecule has 0 spiro atoms. The summed E-state index contributed by atoms with van der Waals surface area (Å²) >= 11 is 0. The molecule has 6 nitrogen and oxygen atoms in total. The van der Waals surface area contributed by atoms with Crippen molar-refractivity contribution in [2.75, 3.05) is 24.6 Å². The van der Waals surface area contributed by atoms with Gasteiger partial charge >= 0.3 is 0 Å². The number of carbonyl (C=O) groups excluding carboxylic acids is 1. The first kappa shape index (κ1) is 15.5. The number of hydrogen-bond acceptors (Lipinski definition) is 5. The zero-order valence-corrected chi connectivity index (χ0v) is 13.5. The largest absolute Gasteiger partial charge is 0.383 e. The summed E-state index contributed by atoms with van der Waals surface area (Å²) in [6, 6.07) is 0.202. The minimum absolute atomic E-state index is 0.155. The highest BCUT2D eigenvalue weighted by Crippen LogP contribution is 2.26. The lowest BCUT2D eigenvalue weighted by Gasteiger charge is -2.31. The summed E-state index contributed by atoms with van der Waals surface area (Å²) in [4.78, 5) is 22.3. The second-order valence-electron chi connectivity index (χ2n) is 6.81. The number of piperidine rings is 1. The lowest BCUT2D eigenvalue weighted by molar-refractivity contribution is -0.132. The fourth-order valence-electron chi connectivity index (χ4n) is 2.33. The van der Waals surface area contributed by atoms with E-state index in [2.05, 4.69) is 36.1 Å². The molecular formula is C15H25N5O. The first-order valence-corrected chi connectivity index (χ1v) is 7.33. The van der Waals surface area contributed by atoms with Gasteiger partial charge in [-0.05, 0) is 13.3 Å². The van der Waals surface area contributed by atoms with Crippen molar-refractivity contribution in [1.82, 2.24) is 14.9 Å². The van der Waals surface area contributed by atoms with E-state index in [9.17, 15) is 4.79 Å². The van der Waals surface area contributed by atoms with Crippen molar-refractivity contribution in [1.29, 1.82) is 0 Å². The minimum atomic E-state index is -0.155. The molecule has 0 saturated carbocycles. The quantitative estimate of drug-likeness (QED) is 0.866. The van der Waals surface area contributed by atoms with Crippen LogP contribution in [-0.4, -0.2) is 40.4 Å². The third-order valence-corrected chi connectivity index (χ3v) is 3.82. The van der Waals surface area contributed by atoms with E-state index < -0.39 is 0 Å². The molecule has 0 aliphatic carbocycles. The third kappa shape index (κ3) is 3.43. The van der Waals surface area contributed by atoms with Crippen LogP contribution in [0, 0.1) is 6.92 Å². The molecule has 1 atom stereocenters. The number of carbonyl (C=O) groups is 1. The Bertz CT molecular complexity index is 550. The fourth-order valence-corrected chi connectivity index (χ4v) is 2.33. The van der Waals surface area contributed by atoms with Crippen LogP contribution in [0.15, 0.2) is 0 Å². The number of likely N-dealkylation sites (tertiary alicyclic amines) is 1. The molecule has 1 saturated heterocycles. The van der Waals surface area contributed by atoms with Crippen LogP contribution in [0.2, 0.25) is 0 Å². The molecule has 1 amide bonds. The Labute approximate surface area is 126 Å². The summed E-state index contributed by atoms with van der Waals surface area (Å²) in [6.07, 6.45) is 1.39. The molecule has 3 N–H and O–H groups in total. The van der Waals surface area contributed by atoms with Crippen LogP contribution in [0.5, 0.6) is 0 Å². The van der Waals surface area contributed by atoms with Crippen molar-refractivity contribution in [2.24, 2.45) is 0 Å². The average molecular weight is 291 g/mol. The summed E-state index contributed by atoms with van der Waals surface area (Å²) in [7, 11) is 1.83. The van der Waals surface area contributed by atoms with Crippen molar-refractivity contribution < 1.29 is 4.79 Å². The number of aromatic nitrogens is 2. The summed E-state index contributed by atoms with van der Waals surface area (Å²) in [5, 5.41) is 3.43. The maximum atomic E-state index is 11.6. The average Bonchev–Trinajstić information content (AvgIpc) is 2.38. The molecular weight excluding hydrogens is 266 g/mol. The van der Waals surface area contributed by atoms with Crippen molar-refractivity contribution in [3.63, 3.8) is 0 Å². The van der Waals surface area contributed by atoms with Crippen LogP contribution in [0.4, 0.5) is 11.6 Å². The van der Waals surface area contributed by atoms with E-state index in [1.807, 2.05) is 14.0 Å². The predicted octanol–water partition coefficient (Wildman–Crippen LogP) is 1.70. The Morgan fingerprint density at radius 1 is 1.33 bits per heavy atom. The molecule has 0 aromatic carbocycles. The van der Waals surface area contributed by atoms with Crippen LogP contribution in [0.3, 0.4) is 0 Å². The second-order valence-corrected chi connectivity index (χ2v) is 6.81. The topological polar surface area (TPSA) is 84.1 Å². The monoisotopic (exact) mass is 291 g/mol. The molecule has 1 aliphatic heterocycles. The number of likely N-dealkylation sites (N-methyl/N-ethyl adjacent to an activating group) is 1. The normalized spacial score (nSPS) is 19.8. The molecule has 21 heavy (non-hydrogen) atoms. The SMILES string of the molecule is Cc1c(N)nc(C(C)(C)C)nc1NC1CCC(=O)N(C)C1. The number of nitrogens with zero attached hydrogens (tertiary/aromatic N) is 3. The van der Waals surface area contributed by atoms with Gasteiger partial charge in [0.2, 0.25) is 5.91 Å². The van der Waals surface area contributed by atoms with Gasteiger partial charge in [-0.25, -0.2) is 9.97 Å². The maximum Gasteiger partial charge on any atom is 0.222 e. The summed E-state index contributed by atoms with van der Waals surface area (Å²) in [5.74, 6) is 2.22. The Morgan fingerprint density at radius 2 is 2.00 bits per heavy atom. The van der Waals surface area contributed by atoms with Crippen LogP contribution >= 0.6 is 0 Å². The molecule has 1 unspecified atom stereocenters. The zero-order chi connectivity index (χ0) is 15.8. The number of rotatable bonds is 2. The van der Waals surface area contributed by atoms with Crippen LogP contribution < -0.4 is 11.1 Å². The Morgan fingerprint density at radius 3 is 2.57 bits per heavy atom. The molecule has 1 aliphatic rings. The van der Waals surface area contributed by atoms with Gasteiger partial charge in [0.1, 0.15) is 17.5 Å². The number of anilines is 2. The Hall–Kier alpha value is -1.85. The highest BCUT2D eigenvalue weighted by Gasteiger charge is 2.25. The number of nitrogens with one attached hydrogen (secondary N) is 1. The van der Waals surface area contributed by atoms with Crippen LogP contribution in [0.1, 0.15) is 45.0 Å². The number of amides is 1. The van der Waals surface area contributed by atoms with Crippen LogP contribution in [-0.2, 0) is 10.2 Å². The summed E-state index contributed by atoms with van der Waals surface area (Å²) < 4.78 is 0. The van der Waals surface area contributed by atoms with Gasteiger partial charge in [0, 0.05) is 37.0 Å². The van der Waals surface area contributed by atoms with E-state index in [0.29, 0.717) is 18.8 Å². The number of nitrogens with two attached hydrogens (primary N) is 1. The van der Waals surface area contributed by atoms with Gasteiger partial charge < -0.3 is 16.0 Å². The van der Waals surface area contributed by atoms with Crippen molar-refractivity contribution in [2.45, 2.75) is 52.0 Å². The smallest absolute Gasteiger partial charge is 0.222 e. The standard InChI is InChI=1S/C15H25N5O/c1-9-12(16)18-14(15(2,3)4)19-13(9)17-10-6-7-11(21)20(5)8-10/h10H,6-8H2,1-5H3,(H3,16,17,18,19). The first-order chi connectivity index (χ1) is 9.68. The third-order valence-electron chi connectivity index (χ3n) is 3.82. The highest BCUT2D eigenvalue weighted by atomic mass is 16.2. The van der Waals surface area contributed by atoms with Gasteiger partial charge in [0.15, 0.2) is 0 Å². The van der Waals surface area contributed by atoms with Gasteiger partial charge in [-0.2, -0.15) is 0 Å². The lowest BCUT2D eigenvalue weighted by Crippen LogP contribution is -2.43. The van der Waals surface area contributed by atoms with Crippen molar-refractivity contribution >= 4 is 17.5 Å². The van der Waals surface area contributed by atoms with Gasteiger partial charge in [-0.3, -0.25) is 4.79 Å². The molecule has 116 valence electrons. The molecule has 0 bridgehead atoms. The summed E-state index contributed by atoms with van der Waals surface area (Å²) in [5.41, 5.74) is 6.73. The minimum Gasteiger partial charge on any atom is -0.383 e. The van der Waals surface area contributed by atoms with Gasteiger partial charge in [0.25, 0.3) is 0 Å². The number of hydrogen-bond donors (Lipinski definition) is 2. The lowest BCUT2D eigenvalue weighted by atomic mass is 9.95. The predicted molar refractivity (Wildman–Crippen MR) is 84.2 cm³/mol. The molecule has 1 fully saturated rings. The number of nitrogen functional groups attached to an aromatic ring is 1. The first-order valence-electron chi connectivity index (χ1n) is 7.33. The molecule has 0 radical (unpaired) electrons. The summed E-state index contributed by atoms with van der Waals surface area (Å²) in [6.45, 7) is 8.80. The Balaban J connectivity index is 2.23. The van der Waals surface area contributed by atoms with Crippen molar-refractivity contribution in [3.05, 3.63) is 11.4 Å². The van der Waals surface area contributed by atoms with Gasteiger partial charge in [-0.1, -0.05) is 20.8 Å². The molecule has 1 aromatic heterocycles. The fraction of sp³-hybridized carbons (Fsp3) is 0.667. The maximum absolute atomic E-state index is 11.6. The zero-order valence-electron chi connectivity index (χ0n) is 13.5. The van der Waals surface area contributed by atoms with Gasteiger partial charge in [-0.15, -0.1) is 0 Å².